The SMILES string of the molecule is COC(=O)C1CCCN(N)C1. The fourth-order valence-corrected chi connectivity index (χ4v) is 1.37. The van der Waals surface area contributed by atoms with Crippen LogP contribution in [0.15, 0.2) is 0 Å². The molecule has 0 aromatic carbocycles. The first-order chi connectivity index (χ1) is 5.24. The quantitative estimate of drug-likeness (QED) is 0.422. The monoisotopic (exact) mass is 158 g/mol. The summed E-state index contributed by atoms with van der Waals surface area (Å²) in [5.41, 5.74) is 0. The molecule has 64 valence electrons. The Hall–Kier alpha value is -0.610. The van der Waals surface area contributed by atoms with Crippen molar-refractivity contribution in [3.8, 4) is 0 Å². The molecule has 0 spiro atoms. The number of ether oxygens (including phenoxy) is 1. The molecule has 0 aromatic heterocycles. The predicted molar refractivity (Wildman–Crippen MR) is 40.5 cm³/mol. The molecule has 1 unspecified atom stereocenters. The molecule has 4 heteroatoms. The second kappa shape index (κ2) is 3.69. The first-order valence-corrected chi connectivity index (χ1v) is 3.81. The minimum Gasteiger partial charge on any atom is -0.469 e. The van der Waals surface area contributed by atoms with Crippen molar-refractivity contribution in [3.63, 3.8) is 0 Å². The van der Waals surface area contributed by atoms with Gasteiger partial charge >= 0.3 is 5.97 Å². The van der Waals surface area contributed by atoms with Crippen LogP contribution in [0.2, 0.25) is 0 Å². The molecule has 0 radical (unpaired) electrons. The van der Waals surface area contributed by atoms with Gasteiger partial charge < -0.3 is 4.74 Å². The van der Waals surface area contributed by atoms with E-state index in [1.807, 2.05) is 0 Å². The van der Waals surface area contributed by atoms with Crippen molar-refractivity contribution in [1.82, 2.24) is 5.01 Å². The molecule has 1 rings (SSSR count). The molecule has 1 aliphatic rings. The van der Waals surface area contributed by atoms with Gasteiger partial charge in [-0.2, -0.15) is 0 Å². The summed E-state index contributed by atoms with van der Waals surface area (Å²) >= 11 is 0. The molecular weight excluding hydrogens is 144 g/mol. The fourth-order valence-electron chi connectivity index (χ4n) is 1.37. The Morgan fingerprint density at radius 1 is 1.73 bits per heavy atom. The van der Waals surface area contributed by atoms with Crippen LogP contribution >= 0.6 is 0 Å². The van der Waals surface area contributed by atoms with Gasteiger partial charge in [-0.1, -0.05) is 0 Å². The van der Waals surface area contributed by atoms with Crippen LogP contribution in [-0.2, 0) is 9.53 Å². The van der Waals surface area contributed by atoms with E-state index in [9.17, 15) is 4.79 Å². The molecule has 0 saturated carbocycles. The smallest absolute Gasteiger partial charge is 0.310 e. The third-order valence-corrected chi connectivity index (χ3v) is 1.99. The van der Waals surface area contributed by atoms with Gasteiger partial charge in [0, 0.05) is 13.1 Å². The number of hydrogen-bond donors (Lipinski definition) is 1. The number of carbonyl (C=O) groups is 1. The van der Waals surface area contributed by atoms with Gasteiger partial charge in [-0.25, -0.2) is 5.01 Å². The van der Waals surface area contributed by atoms with E-state index in [0.717, 1.165) is 19.4 Å². The van der Waals surface area contributed by atoms with Gasteiger partial charge in [0.2, 0.25) is 0 Å². The zero-order valence-corrected chi connectivity index (χ0v) is 6.75. The van der Waals surface area contributed by atoms with Gasteiger partial charge in [0.15, 0.2) is 0 Å². The van der Waals surface area contributed by atoms with Gasteiger partial charge in [-0.15, -0.1) is 0 Å². The molecule has 1 heterocycles. The number of methoxy groups -OCH3 is 1. The zero-order valence-electron chi connectivity index (χ0n) is 6.75. The summed E-state index contributed by atoms with van der Waals surface area (Å²) in [6.45, 7) is 1.51. The Balaban J connectivity index is 2.39. The fraction of sp³-hybridized carbons (Fsp3) is 0.857. The molecule has 0 aromatic rings. The van der Waals surface area contributed by atoms with E-state index < -0.39 is 0 Å². The summed E-state index contributed by atoms with van der Waals surface area (Å²) < 4.78 is 4.62. The maximum atomic E-state index is 11.0. The van der Waals surface area contributed by atoms with Crippen LogP contribution in [0.1, 0.15) is 12.8 Å². The molecule has 4 nitrogen and oxygen atoms in total. The number of hydrogen-bond acceptors (Lipinski definition) is 4. The highest BCUT2D eigenvalue weighted by molar-refractivity contribution is 5.72. The topological polar surface area (TPSA) is 55.6 Å². The molecule has 2 N–H and O–H groups in total. The number of nitrogens with zero attached hydrogens (tertiary/aromatic N) is 1. The number of rotatable bonds is 1. The van der Waals surface area contributed by atoms with Crippen molar-refractivity contribution in [3.05, 3.63) is 0 Å². The summed E-state index contributed by atoms with van der Waals surface area (Å²) in [4.78, 5) is 11.0. The summed E-state index contributed by atoms with van der Waals surface area (Å²) in [5, 5.41) is 1.67. The van der Waals surface area contributed by atoms with E-state index in [-0.39, 0.29) is 11.9 Å². The van der Waals surface area contributed by atoms with E-state index in [1.165, 1.54) is 7.11 Å². The lowest BCUT2D eigenvalue weighted by atomic mass is 10.00. The van der Waals surface area contributed by atoms with E-state index >= 15 is 0 Å². The highest BCUT2D eigenvalue weighted by Gasteiger charge is 2.24. The standard InChI is InChI=1S/C7H14N2O2/c1-11-7(10)6-3-2-4-9(8)5-6/h6H,2-5,8H2,1H3. The van der Waals surface area contributed by atoms with Gasteiger partial charge in [0.1, 0.15) is 0 Å². The van der Waals surface area contributed by atoms with Crippen molar-refractivity contribution in [1.29, 1.82) is 0 Å². The second-order valence-electron chi connectivity index (χ2n) is 2.86. The lowest BCUT2D eigenvalue weighted by Gasteiger charge is -2.27. The largest absolute Gasteiger partial charge is 0.469 e. The first-order valence-electron chi connectivity index (χ1n) is 3.81. The van der Waals surface area contributed by atoms with Crippen LogP contribution in [0.5, 0.6) is 0 Å². The van der Waals surface area contributed by atoms with Gasteiger partial charge in [0.25, 0.3) is 0 Å². The van der Waals surface area contributed by atoms with E-state index in [1.54, 1.807) is 5.01 Å². The molecule has 1 aliphatic heterocycles. The van der Waals surface area contributed by atoms with Gasteiger partial charge in [-0.05, 0) is 12.8 Å². The normalized spacial score (nSPS) is 26.5. The van der Waals surface area contributed by atoms with Crippen LogP contribution in [0.4, 0.5) is 0 Å². The van der Waals surface area contributed by atoms with Crippen molar-refractivity contribution < 1.29 is 9.53 Å². The highest BCUT2D eigenvalue weighted by atomic mass is 16.5. The number of esters is 1. The molecule has 0 aliphatic carbocycles. The molecule has 0 amide bonds. The minimum absolute atomic E-state index is 0.0150. The summed E-state index contributed by atoms with van der Waals surface area (Å²) in [6, 6.07) is 0. The maximum absolute atomic E-state index is 11.0. The number of nitrogens with two attached hydrogens (primary N) is 1. The minimum atomic E-state index is -0.139. The Morgan fingerprint density at radius 2 is 2.45 bits per heavy atom. The third kappa shape index (κ3) is 2.17. The van der Waals surface area contributed by atoms with Crippen molar-refractivity contribution in [2.24, 2.45) is 11.8 Å². The van der Waals surface area contributed by atoms with Crippen LogP contribution in [0.25, 0.3) is 0 Å². The lowest BCUT2D eigenvalue weighted by molar-refractivity contribution is -0.147. The Morgan fingerprint density at radius 3 is 3.00 bits per heavy atom. The Bertz CT molecular complexity index is 149. The van der Waals surface area contributed by atoms with Crippen LogP contribution < -0.4 is 5.84 Å². The lowest BCUT2D eigenvalue weighted by Crippen LogP contribution is -2.43. The zero-order chi connectivity index (χ0) is 8.27. The highest BCUT2D eigenvalue weighted by Crippen LogP contribution is 2.14. The maximum Gasteiger partial charge on any atom is 0.310 e. The van der Waals surface area contributed by atoms with Crippen LogP contribution in [0.3, 0.4) is 0 Å². The van der Waals surface area contributed by atoms with Crippen molar-refractivity contribution in [2.75, 3.05) is 20.2 Å². The van der Waals surface area contributed by atoms with E-state index in [0.29, 0.717) is 6.54 Å². The van der Waals surface area contributed by atoms with Gasteiger partial charge in [-0.3, -0.25) is 10.6 Å². The number of piperidine rings is 1. The van der Waals surface area contributed by atoms with E-state index in [4.69, 9.17) is 5.84 Å². The third-order valence-electron chi connectivity index (χ3n) is 1.99. The summed E-state index contributed by atoms with van der Waals surface area (Å²) in [6.07, 6.45) is 1.89. The summed E-state index contributed by atoms with van der Waals surface area (Å²) in [7, 11) is 1.41. The molecule has 1 atom stereocenters. The van der Waals surface area contributed by atoms with E-state index in [2.05, 4.69) is 4.74 Å². The number of hydrazine groups is 1. The molecule has 0 bridgehead atoms. The molecule has 1 fully saturated rings. The van der Waals surface area contributed by atoms with Crippen molar-refractivity contribution in [2.45, 2.75) is 12.8 Å². The average Bonchev–Trinajstić information content (AvgIpc) is 2.03. The molecular formula is C7H14N2O2. The Kier molecular flexibility index (Phi) is 2.84. The average molecular weight is 158 g/mol. The Labute approximate surface area is 66.3 Å². The molecule has 1 saturated heterocycles. The molecule has 11 heavy (non-hydrogen) atoms. The van der Waals surface area contributed by atoms with Crippen LogP contribution in [-0.4, -0.2) is 31.2 Å². The second-order valence-corrected chi connectivity index (χ2v) is 2.86. The van der Waals surface area contributed by atoms with Crippen molar-refractivity contribution >= 4 is 5.97 Å². The van der Waals surface area contributed by atoms with Crippen LogP contribution in [0, 0.1) is 5.92 Å². The first kappa shape index (κ1) is 8.49. The number of carbonyl (C=O) groups excluding carboxylic acids is 1. The predicted octanol–water partition coefficient (Wildman–Crippen LogP) is -0.255. The van der Waals surface area contributed by atoms with Gasteiger partial charge in [0.05, 0.1) is 13.0 Å². The summed E-state index contributed by atoms with van der Waals surface area (Å²) in [5.74, 6) is 5.39.